The minimum absolute atomic E-state index is 0.000500. The summed E-state index contributed by atoms with van der Waals surface area (Å²) < 4.78 is 0. The van der Waals surface area contributed by atoms with Crippen molar-refractivity contribution >= 4 is 29.3 Å². The summed E-state index contributed by atoms with van der Waals surface area (Å²) >= 11 is 5.80. The number of benzene rings is 1. The summed E-state index contributed by atoms with van der Waals surface area (Å²) in [7, 11) is 0. The molecule has 0 aliphatic heterocycles. The van der Waals surface area contributed by atoms with Crippen molar-refractivity contribution in [3.05, 3.63) is 40.9 Å². The number of hydrogen-bond donors (Lipinski definition) is 4. The Morgan fingerprint density at radius 2 is 2.14 bits per heavy atom. The Balaban J connectivity index is 1.88. The van der Waals surface area contributed by atoms with Crippen LogP contribution in [0.5, 0.6) is 0 Å². The fourth-order valence-electron chi connectivity index (χ4n) is 1.61. The molecule has 2 amide bonds. The molecule has 0 aliphatic carbocycles. The Labute approximate surface area is 124 Å². The highest BCUT2D eigenvalue weighted by molar-refractivity contribution is 6.31. The molecule has 2 rings (SSSR count). The monoisotopic (exact) mass is 309 g/mol. The van der Waals surface area contributed by atoms with E-state index in [-0.39, 0.29) is 10.6 Å². The van der Waals surface area contributed by atoms with Gasteiger partial charge in [0, 0.05) is 23.7 Å². The quantitative estimate of drug-likeness (QED) is 0.667. The number of carbonyl (C=O) groups excluding carboxylic acids is 1. The molecule has 110 valence electrons. The van der Waals surface area contributed by atoms with Crippen molar-refractivity contribution in [1.82, 2.24) is 20.5 Å². The Bertz CT molecular complexity index is 644. The van der Waals surface area contributed by atoms with Crippen LogP contribution in [0.3, 0.4) is 0 Å². The first kappa shape index (κ1) is 14.8. The number of aromatic nitrogens is 3. The molecule has 2 aromatic rings. The van der Waals surface area contributed by atoms with E-state index in [4.69, 9.17) is 16.7 Å². The minimum atomic E-state index is -1.12. The SMILES string of the molecule is O=C(NCCc1ncn[nH]1)Nc1cc(Cl)cc(C(=O)O)c1. The van der Waals surface area contributed by atoms with Crippen LogP contribution in [0.2, 0.25) is 5.02 Å². The number of halogens is 1. The summed E-state index contributed by atoms with van der Waals surface area (Å²) in [5.41, 5.74) is 0.302. The molecule has 4 N–H and O–H groups in total. The Morgan fingerprint density at radius 3 is 2.81 bits per heavy atom. The van der Waals surface area contributed by atoms with Crippen molar-refractivity contribution in [3.8, 4) is 0 Å². The van der Waals surface area contributed by atoms with Crippen LogP contribution in [0.4, 0.5) is 10.5 Å². The fourth-order valence-corrected chi connectivity index (χ4v) is 1.84. The molecule has 0 unspecified atom stereocenters. The van der Waals surface area contributed by atoms with Gasteiger partial charge in [-0.05, 0) is 18.2 Å². The molecule has 1 aromatic carbocycles. The van der Waals surface area contributed by atoms with Crippen molar-refractivity contribution in [3.63, 3.8) is 0 Å². The maximum atomic E-state index is 11.7. The molecule has 1 heterocycles. The summed E-state index contributed by atoms with van der Waals surface area (Å²) in [4.78, 5) is 26.5. The number of aromatic carboxylic acids is 1. The van der Waals surface area contributed by atoms with E-state index in [9.17, 15) is 9.59 Å². The van der Waals surface area contributed by atoms with E-state index < -0.39 is 12.0 Å². The van der Waals surface area contributed by atoms with Gasteiger partial charge in [0.05, 0.1) is 5.56 Å². The third kappa shape index (κ3) is 4.46. The van der Waals surface area contributed by atoms with Crippen LogP contribution in [0, 0.1) is 0 Å². The normalized spacial score (nSPS) is 10.1. The number of hydrogen-bond acceptors (Lipinski definition) is 4. The van der Waals surface area contributed by atoms with Crippen LogP contribution < -0.4 is 10.6 Å². The lowest BCUT2D eigenvalue weighted by Gasteiger charge is -2.08. The van der Waals surface area contributed by atoms with Gasteiger partial charge in [0.1, 0.15) is 12.2 Å². The van der Waals surface area contributed by atoms with E-state index in [0.29, 0.717) is 24.5 Å². The van der Waals surface area contributed by atoms with E-state index in [1.807, 2.05) is 0 Å². The van der Waals surface area contributed by atoms with Crippen molar-refractivity contribution in [2.45, 2.75) is 6.42 Å². The number of nitrogens with zero attached hydrogens (tertiary/aromatic N) is 2. The van der Waals surface area contributed by atoms with E-state index in [0.717, 1.165) is 0 Å². The third-order valence-corrected chi connectivity index (χ3v) is 2.73. The first-order valence-corrected chi connectivity index (χ1v) is 6.35. The van der Waals surface area contributed by atoms with Gasteiger partial charge in [-0.25, -0.2) is 14.6 Å². The molecule has 0 saturated heterocycles. The third-order valence-electron chi connectivity index (χ3n) is 2.51. The van der Waals surface area contributed by atoms with Gasteiger partial charge in [0.25, 0.3) is 0 Å². The second-order valence-corrected chi connectivity index (χ2v) is 4.53. The van der Waals surface area contributed by atoms with Gasteiger partial charge >= 0.3 is 12.0 Å². The van der Waals surface area contributed by atoms with E-state index in [1.165, 1.54) is 24.5 Å². The molecular formula is C12H12ClN5O3. The van der Waals surface area contributed by atoms with Gasteiger partial charge in [0.2, 0.25) is 0 Å². The van der Waals surface area contributed by atoms with E-state index in [1.54, 1.807) is 0 Å². The average Bonchev–Trinajstić information content (AvgIpc) is 2.91. The standard InChI is InChI=1S/C12H12ClN5O3/c13-8-3-7(11(19)20)4-9(5-8)17-12(21)14-2-1-10-15-6-16-18-10/h3-6H,1-2H2,(H,19,20)(H2,14,17,21)(H,15,16,18). The summed E-state index contributed by atoms with van der Waals surface area (Å²) in [6.07, 6.45) is 1.89. The largest absolute Gasteiger partial charge is 0.478 e. The minimum Gasteiger partial charge on any atom is -0.478 e. The van der Waals surface area contributed by atoms with Gasteiger partial charge in [-0.3, -0.25) is 5.10 Å². The summed E-state index contributed by atoms with van der Waals surface area (Å²) in [5, 5.41) is 20.6. The summed E-state index contributed by atoms with van der Waals surface area (Å²) in [6.45, 7) is 0.355. The molecule has 0 fully saturated rings. The zero-order chi connectivity index (χ0) is 15.2. The number of carbonyl (C=O) groups is 2. The van der Waals surface area contributed by atoms with Gasteiger partial charge in [-0.2, -0.15) is 5.10 Å². The average molecular weight is 310 g/mol. The predicted octanol–water partition coefficient (Wildman–Crippen LogP) is 1.52. The lowest BCUT2D eigenvalue weighted by atomic mass is 10.2. The number of carboxylic acid groups (broad SMARTS) is 1. The van der Waals surface area contributed by atoms with Crippen LogP contribution in [0.1, 0.15) is 16.2 Å². The number of carboxylic acids is 1. The number of aromatic amines is 1. The number of nitrogens with one attached hydrogen (secondary N) is 3. The number of urea groups is 1. The smallest absolute Gasteiger partial charge is 0.335 e. The molecule has 1 aromatic heterocycles. The molecule has 0 bridgehead atoms. The highest BCUT2D eigenvalue weighted by Gasteiger charge is 2.08. The molecule has 9 heteroatoms. The molecule has 8 nitrogen and oxygen atoms in total. The van der Waals surface area contributed by atoms with Gasteiger partial charge < -0.3 is 15.7 Å². The number of anilines is 1. The Morgan fingerprint density at radius 1 is 1.33 bits per heavy atom. The first-order chi connectivity index (χ1) is 10.0. The van der Waals surface area contributed by atoms with Crippen molar-refractivity contribution < 1.29 is 14.7 Å². The van der Waals surface area contributed by atoms with Crippen LogP contribution in [0.25, 0.3) is 0 Å². The first-order valence-electron chi connectivity index (χ1n) is 5.97. The van der Waals surface area contributed by atoms with Crippen molar-refractivity contribution in [2.75, 3.05) is 11.9 Å². The molecule has 0 spiro atoms. The fraction of sp³-hybridized carbons (Fsp3) is 0.167. The van der Waals surface area contributed by atoms with Crippen molar-refractivity contribution in [1.29, 1.82) is 0 Å². The lowest BCUT2D eigenvalue weighted by molar-refractivity contribution is 0.0697. The molecular weight excluding hydrogens is 298 g/mol. The van der Waals surface area contributed by atoms with Crippen LogP contribution in [-0.2, 0) is 6.42 Å². The highest BCUT2D eigenvalue weighted by atomic mass is 35.5. The number of H-pyrrole nitrogens is 1. The molecule has 0 aliphatic rings. The zero-order valence-corrected chi connectivity index (χ0v) is 11.5. The van der Waals surface area contributed by atoms with Gasteiger partial charge in [-0.15, -0.1) is 0 Å². The predicted molar refractivity (Wildman–Crippen MR) is 75.5 cm³/mol. The zero-order valence-electron chi connectivity index (χ0n) is 10.8. The molecule has 0 radical (unpaired) electrons. The van der Waals surface area contributed by atoms with Crippen LogP contribution >= 0.6 is 11.6 Å². The lowest BCUT2D eigenvalue weighted by Crippen LogP contribution is -2.30. The van der Waals surface area contributed by atoms with Gasteiger partial charge in [0.15, 0.2) is 0 Å². The van der Waals surface area contributed by atoms with Crippen molar-refractivity contribution in [2.24, 2.45) is 0 Å². The number of rotatable bonds is 5. The highest BCUT2D eigenvalue weighted by Crippen LogP contribution is 2.19. The topological polar surface area (TPSA) is 120 Å². The van der Waals surface area contributed by atoms with E-state index in [2.05, 4.69) is 25.8 Å². The number of amides is 2. The Hall–Kier alpha value is -2.61. The summed E-state index contributed by atoms with van der Waals surface area (Å²) in [5.74, 6) is -0.461. The second-order valence-electron chi connectivity index (χ2n) is 4.10. The maximum absolute atomic E-state index is 11.7. The second kappa shape index (κ2) is 6.71. The molecule has 0 atom stereocenters. The van der Waals surface area contributed by atoms with Crippen LogP contribution in [-0.4, -0.2) is 38.8 Å². The Kier molecular flexibility index (Phi) is 4.72. The van der Waals surface area contributed by atoms with E-state index >= 15 is 0 Å². The van der Waals surface area contributed by atoms with Crippen LogP contribution in [0.15, 0.2) is 24.5 Å². The molecule has 21 heavy (non-hydrogen) atoms. The maximum Gasteiger partial charge on any atom is 0.335 e. The summed E-state index contributed by atoms with van der Waals surface area (Å²) in [6, 6.07) is 3.62. The van der Waals surface area contributed by atoms with Gasteiger partial charge in [-0.1, -0.05) is 11.6 Å². The molecule has 0 saturated carbocycles.